The van der Waals surface area contributed by atoms with Crippen molar-refractivity contribution in [2.24, 2.45) is 0 Å². The second-order valence-electron chi connectivity index (χ2n) is 5.04. The minimum atomic E-state index is 0.561. The van der Waals surface area contributed by atoms with E-state index >= 15 is 0 Å². The summed E-state index contributed by atoms with van der Waals surface area (Å²) < 4.78 is 5.51. The number of hydrogen-bond donors (Lipinski definition) is 1. The highest BCUT2D eigenvalue weighted by Crippen LogP contribution is 2.26. The van der Waals surface area contributed by atoms with Crippen molar-refractivity contribution in [2.45, 2.75) is 13.0 Å². The fraction of sp³-hybridized carbons (Fsp3) is 0.167. The van der Waals surface area contributed by atoms with Crippen molar-refractivity contribution in [1.29, 1.82) is 0 Å². The van der Waals surface area contributed by atoms with E-state index in [1.807, 2.05) is 30.3 Å². The van der Waals surface area contributed by atoms with Gasteiger partial charge in [-0.15, -0.1) is 0 Å². The minimum Gasteiger partial charge on any atom is -0.444 e. The molecule has 1 N–H and O–H groups in total. The molecule has 0 amide bonds. The highest BCUT2D eigenvalue weighted by atomic mass is 35.5. The van der Waals surface area contributed by atoms with E-state index in [2.05, 4.69) is 34.6 Å². The maximum Gasteiger partial charge on any atom is 0.227 e. The Balaban J connectivity index is 1.53. The molecule has 0 atom stereocenters. The lowest BCUT2D eigenvalue weighted by atomic mass is 10.1. The largest absolute Gasteiger partial charge is 0.444 e. The maximum atomic E-state index is 6.15. The van der Waals surface area contributed by atoms with Gasteiger partial charge in [0.2, 0.25) is 5.89 Å². The Kier molecular flexibility index (Phi) is 4.88. The molecule has 0 spiro atoms. The lowest BCUT2D eigenvalue weighted by Gasteiger charge is -2.02. The predicted octanol–water partition coefficient (Wildman–Crippen LogP) is 4.33. The summed E-state index contributed by atoms with van der Waals surface area (Å²) in [6, 6.07) is 18.0. The van der Waals surface area contributed by atoms with Gasteiger partial charge < -0.3 is 9.73 Å². The zero-order chi connectivity index (χ0) is 15.2. The van der Waals surface area contributed by atoms with Crippen LogP contribution in [0.15, 0.2) is 65.3 Å². The smallest absolute Gasteiger partial charge is 0.227 e. The van der Waals surface area contributed by atoms with Gasteiger partial charge >= 0.3 is 0 Å². The fourth-order valence-corrected chi connectivity index (χ4v) is 2.46. The Morgan fingerprint density at radius 1 is 1.00 bits per heavy atom. The van der Waals surface area contributed by atoms with E-state index in [0.29, 0.717) is 17.5 Å². The van der Waals surface area contributed by atoms with Crippen molar-refractivity contribution < 1.29 is 4.42 Å². The van der Waals surface area contributed by atoms with Gasteiger partial charge in [0.25, 0.3) is 0 Å². The van der Waals surface area contributed by atoms with E-state index in [9.17, 15) is 0 Å². The first-order valence-electron chi connectivity index (χ1n) is 7.27. The van der Waals surface area contributed by atoms with Gasteiger partial charge in [0, 0.05) is 6.54 Å². The zero-order valence-electron chi connectivity index (χ0n) is 12.1. The molecule has 0 bridgehead atoms. The van der Waals surface area contributed by atoms with E-state index in [4.69, 9.17) is 16.0 Å². The van der Waals surface area contributed by atoms with Crippen LogP contribution < -0.4 is 5.32 Å². The van der Waals surface area contributed by atoms with Crippen LogP contribution in [0.25, 0.3) is 11.5 Å². The monoisotopic (exact) mass is 312 g/mol. The van der Waals surface area contributed by atoms with E-state index in [0.717, 1.165) is 24.2 Å². The standard InChI is InChI=1S/C18H17ClN2O/c19-17-9-5-4-8-16(17)18-21-15(13-22-18)12-20-11-10-14-6-2-1-3-7-14/h1-9,13,20H,10-12H2. The normalized spacial score (nSPS) is 10.8. The summed E-state index contributed by atoms with van der Waals surface area (Å²) in [5.41, 5.74) is 3.02. The number of oxazole rings is 1. The molecule has 0 aliphatic rings. The molecule has 3 rings (SSSR count). The van der Waals surface area contributed by atoms with E-state index < -0.39 is 0 Å². The van der Waals surface area contributed by atoms with Gasteiger partial charge in [0.15, 0.2) is 0 Å². The number of benzene rings is 2. The van der Waals surface area contributed by atoms with Crippen LogP contribution in [0.2, 0.25) is 5.02 Å². The van der Waals surface area contributed by atoms with E-state index in [1.54, 1.807) is 6.26 Å². The first-order chi connectivity index (χ1) is 10.8. The van der Waals surface area contributed by atoms with E-state index in [1.165, 1.54) is 5.56 Å². The average Bonchev–Trinajstić information content (AvgIpc) is 3.02. The molecule has 2 aromatic carbocycles. The van der Waals surface area contributed by atoms with Gasteiger partial charge in [-0.2, -0.15) is 0 Å². The second-order valence-corrected chi connectivity index (χ2v) is 5.44. The highest BCUT2D eigenvalue weighted by Gasteiger charge is 2.09. The van der Waals surface area contributed by atoms with Gasteiger partial charge in [-0.3, -0.25) is 0 Å². The van der Waals surface area contributed by atoms with Crippen molar-refractivity contribution in [1.82, 2.24) is 10.3 Å². The Hall–Kier alpha value is -2.10. The van der Waals surface area contributed by atoms with Crippen LogP contribution in [0.1, 0.15) is 11.3 Å². The van der Waals surface area contributed by atoms with Crippen molar-refractivity contribution in [3.8, 4) is 11.5 Å². The lowest BCUT2D eigenvalue weighted by Crippen LogP contribution is -2.16. The number of hydrogen-bond acceptors (Lipinski definition) is 3. The number of rotatable bonds is 6. The molecule has 0 aliphatic heterocycles. The third-order valence-corrected chi connectivity index (χ3v) is 3.72. The van der Waals surface area contributed by atoms with Crippen LogP contribution >= 0.6 is 11.6 Å². The molecule has 0 unspecified atom stereocenters. The summed E-state index contributed by atoms with van der Waals surface area (Å²) in [6.07, 6.45) is 2.67. The quantitative estimate of drug-likeness (QED) is 0.689. The summed E-state index contributed by atoms with van der Waals surface area (Å²) in [4.78, 5) is 4.47. The average molecular weight is 313 g/mol. The van der Waals surface area contributed by atoms with Crippen LogP contribution in [0.4, 0.5) is 0 Å². The Morgan fingerprint density at radius 3 is 2.59 bits per heavy atom. The number of nitrogens with one attached hydrogen (secondary N) is 1. The van der Waals surface area contributed by atoms with Crippen LogP contribution in [-0.4, -0.2) is 11.5 Å². The summed E-state index contributed by atoms with van der Waals surface area (Å²) >= 11 is 6.15. The Labute approximate surface area is 135 Å². The van der Waals surface area contributed by atoms with Crippen molar-refractivity contribution >= 4 is 11.6 Å². The third-order valence-electron chi connectivity index (χ3n) is 3.40. The summed E-state index contributed by atoms with van der Waals surface area (Å²) in [7, 11) is 0. The molecule has 0 radical (unpaired) electrons. The van der Waals surface area contributed by atoms with Crippen molar-refractivity contribution in [2.75, 3.05) is 6.54 Å². The Bertz CT molecular complexity index is 725. The van der Waals surface area contributed by atoms with Crippen molar-refractivity contribution in [3.05, 3.63) is 77.1 Å². The maximum absolute atomic E-state index is 6.15. The van der Waals surface area contributed by atoms with E-state index in [-0.39, 0.29) is 0 Å². The van der Waals surface area contributed by atoms with Gasteiger partial charge in [-0.05, 0) is 30.7 Å². The molecular weight excluding hydrogens is 296 g/mol. The van der Waals surface area contributed by atoms with Gasteiger partial charge in [-0.25, -0.2) is 4.98 Å². The molecule has 1 heterocycles. The molecule has 0 fully saturated rings. The molecule has 22 heavy (non-hydrogen) atoms. The topological polar surface area (TPSA) is 38.1 Å². The van der Waals surface area contributed by atoms with Crippen LogP contribution in [0.5, 0.6) is 0 Å². The molecule has 0 saturated heterocycles. The van der Waals surface area contributed by atoms with Crippen LogP contribution in [0, 0.1) is 0 Å². The lowest BCUT2D eigenvalue weighted by molar-refractivity contribution is 0.570. The van der Waals surface area contributed by atoms with Gasteiger partial charge in [-0.1, -0.05) is 54.1 Å². The summed E-state index contributed by atoms with van der Waals surface area (Å²) in [6.45, 7) is 1.58. The predicted molar refractivity (Wildman–Crippen MR) is 88.8 cm³/mol. The molecule has 3 aromatic rings. The molecule has 112 valence electrons. The van der Waals surface area contributed by atoms with Crippen molar-refractivity contribution in [3.63, 3.8) is 0 Å². The van der Waals surface area contributed by atoms with Crippen LogP contribution in [-0.2, 0) is 13.0 Å². The minimum absolute atomic E-state index is 0.561. The molecule has 3 nitrogen and oxygen atoms in total. The first kappa shape index (κ1) is 14.8. The molecule has 0 saturated carbocycles. The first-order valence-corrected chi connectivity index (χ1v) is 7.64. The molecule has 4 heteroatoms. The summed E-state index contributed by atoms with van der Waals surface area (Å²) in [5.74, 6) is 0.561. The molecule has 1 aromatic heterocycles. The van der Waals surface area contributed by atoms with Gasteiger partial charge in [0.05, 0.1) is 16.3 Å². The molecular formula is C18H17ClN2O. The third kappa shape index (κ3) is 3.75. The summed E-state index contributed by atoms with van der Waals surface area (Å²) in [5, 5.41) is 4.02. The SMILES string of the molecule is Clc1ccccc1-c1nc(CNCCc2ccccc2)co1. The number of aromatic nitrogens is 1. The highest BCUT2D eigenvalue weighted by molar-refractivity contribution is 6.33. The zero-order valence-corrected chi connectivity index (χ0v) is 12.9. The molecule has 0 aliphatic carbocycles. The van der Waals surface area contributed by atoms with Crippen LogP contribution in [0.3, 0.4) is 0 Å². The fourth-order valence-electron chi connectivity index (χ4n) is 2.24. The van der Waals surface area contributed by atoms with Gasteiger partial charge in [0.1, 0.15) is 6.26 Å². The number of halogens is 1. The Morgan fingerprint density at radius 2 is 1.77 bits per heavy atom. The second kappa shape index (κ2) is 7.25. The number of nitrogens with zero attached hydrogens (tertiary/aromatic N) is 1.